The lowest BCUT2D eigenvalue weighted by Crippen LogP contribution is -2.45. The minimum atomic E-state index is -0.620. The summed E-state index contributed by atoms with van der Waals surface area (Å²) in [5, 5.41) is 9.10. The molecule has 2 heteroatoms. The van der Waals surface area contributed by atoms with Crippen LogP contribution in [0.3, 0.4) is 0 Å². The molecule has 4 rings (SSSR count). The number of hydrogen-bond acceptors (Lipinski definition) is 1. The molecule has 102 valence electrons. The van der Waals surface area contributed by atoms with Crippen LogP contribution in [-0.2, 0) is 10.2 Å². The maximum Gasteiger partial charge on any atom is 0.303 e. The van der Waals surface area contributed by atoms with Crippen molar-refractivity contribution >= 4 is 5.97 Å². The summed E-state index contributed by atoms with van der Waals surface area (Å²) in [6.07, 6.45) is 7.16. The molecular formula is C17H22O2. The molecule has 0 saturated heterocycles. The Bertz CT molecular complexity index is 479. The van der Waals surface area contributed by atoms with Gasteiger partial charge in [-0.3, -0.25) is 4.79 Å². The molecule has 0 unspecified atom stereocenters. The zero-order chi connectivity index (χ0) is 13.5. The Kier molecular flexibility index (Phi) is 2.92. The van der Waals surface area contributed by atoms with Gasteiger partial charge in [0.15, 0.2) is 0 Å². The average molecular weight is 258 g/mol. The predicted molar refractivity (Wildman–Crippen MR) is 75.2 cm³/mol. The van der Waals surface area contributed by atoms with Gasteiger partial charge in [-0.1, -0.05) is 24.3 Å². The summed E-state index contributed by atoms with van der Waals surface area (Å²) in [5.74, 6) is -0.620. The first-order valence-corrected chi connectivity index (χ1v) is 7.33. The molecule has 1 N–H and O–H groups in total. The van der Waals surface area contributed by atoms with Gasteiger partial charge < -0.3 is 5.11 Å². The number of hydrogen-bond donors (Lipinski definition) is 1. The van der Waals surface area contributed by atoms with Crippen molar-refractivity contribution in [1.29, 1.82) is 0 Å². The van der Waals surface area contributed by atoms with Gasteiger partial charge in [-0.25, -0.2) is 0 Å². The Morgan fingerprint density at radius 1 is 1.11 bits per heavy atom. The van der Waals surface area contributed by atoms with Crippen LogP contribution in [0.4, 0.5) is 0 Å². The molecule has 2 bridgehead atoms. The van der Waals surface area contributed by atoms with Crippen LogP contribution >= 0.6 is 0 Å². The molecule has 0 heterocycles. The number of rotatable bonds is 3. The highest BCUT2D eigenvalue weighted by atomic mass is 16.4. The van der Waals surface area contributed by atoms with Crippen molar-refractivity contribution in [3.8, 4) is 0 Å². The molecule has 3 fully saturated rings. The standard InChI is InChI=1S/C17H22O2/c1-13-4-2-3-5-14(13)17-9-6-16(7-10-17,8-11-17)12-15(18)19/h2-5H,6-12H2,1H3,(H,18,19). The molecule has 0 aliphatic heterocycles. The molecule has 3 aliphatic carbocycles. The van der Waals surface area contributed by atoms with Crippen LogP contribution in [0, 0.1) is 12.3 Å². The molecule has 0 spiro atoms. The molecule has 1 aromatic rings. The maximum atomic E-state index is 11.1. The topological polar surface area (TPSA) is 37.3 Å². The number of fused-ring (bicyclic) bond motifs is 3. The molecule has 19 heavy (non-hydrogen) atoms. The summed E-state index contributed by atoms with van der Waals surface area (Å²) in [5.41, 5.74) is 3.36. The first-order chi connectivity index (χ1) is 9.05. The first kappa shape index (κ1) is 12.7. The van der Waals surface area contributed by atoms with E-state index >= 15 is 0 Å². The van der Waals surface area contributed by atoms with E-state index in [0.717, 1.165) is 19.3 Å². The largest absolute Gasteiger partial charge is 0.481 e. The van der Waals surface area contributed by atoms with Gasteiger partial charge in [0.1, 0.15) is 0 Å². The molecule has 0 amide bonds. The highest BCUT2D eigenvalue weighted by molar-refractivity contribution is 5.67. The highest BCUT2D eigenvalue weighted by Gasteiger charge is 2.50. The van der Waals surface area contributed by atoms with Gasteiger partial charge in [0, 0.05) is 0 Å². The van der Waals surface area contributed by atoms with Crippen molar-refractivity contribution < 1.29 is 9.90 Å². The number of aryl methyl sites for hydroxylation is 1. The molecule has 0 atom stereocenters. The van der Waals surface area contributed by atoms with Crippen LogP contribution in [-0.4, -0.2) is 11.1 Å². The summed E-state index contributed by atoms with van der Waals surface area (Å²) < 4.78 is 0. The van der Waals surface area contributed by atoms with E-state index in [2.05, 4.69) is 31.2 Å². The van der Waals surface area contributed by atoms with E-state index in [1.165, 1.54) is 30.4 Å². The van der Waals surface area contributed by atoms with Crippen LogP contribution in [0.2, 0.25) is 0 Å². The second-order valence-corrected chi connectivity index (χ2v) is 6.67. The van der Waals surface area contributed by atoms with Gasteiger partial charge in [0.05, 0.1) is 6.42 Å². The van der Waals surface area contributed by atoms with E-state index < -0.39 is 5.97 Å². The lowest BCUT2D eigenvalue weighted by Gasteiger charge is -2.54. The molecule has 1 aromatic carbocycles. The Balaban J connectivity index is 1.85. The average Bonchev–Trinajstić information content (AvgIpc) is 2.40. The number of benzene rings is 1. The second-order valence-electron chi connectivity index (χ2n) is 6.67. The molecule has 0 aromatic heterocycles. The third-order valence-corrected chi connectivity index (χ3v) is 5.64. The highest BCUT2D eigenvalue weighted by Crippen LogP contribution is 2.59. The van der Waals surface area contributed by atoms with Crippen molar-refractivity contribution in [2.45, 2.75) is 57.3 Å². The van der Waals surface area contributed by atoms with Crippen LogP contribution in [0.5, 0.6) is 0 Å². The van der Waals surface area contributed by atoms with Crippen molar-refractivity contribution in [2.24, 2.45) is 5.41 Å². The van der Waals surface area contributed by atoms with Gasteiger partial charge in [0.25, 0.3) is 0 Å². The van der Waals surface area contributed by atoms with Crippen molar-refractivity contribution in [2.75, 3.05) is 0 Å². The Morgan fingerprint density at radius 2 is 1.68 bits per heavy atom. The van der Waals surface area contributed by atoms with Gasteiger partial charge in [-0.15, -0.1) is 0 Å². The SMILES string of the molecule is Cc1ccccc1C12CCC(CC(=O)O)(CC1)CC2. The van der Waals surface area contributed by atoms with Gasteiger partial charge in [0.2, 0.25) is 0 Å². The zero-order valence-electron chi connectivity index (χ0n) is 11.6. The van der Waals surface area contributed by atoms with E-state index in [-0.39, 0.29) is 5.41 Å². The Morgan fingerprint density at radius 3 is 2.21 bits per heavy atom. The Labute approximate surface area is 114 Å². The monoisotopic (exact) mass is 258 g/mol. The van der Waals surface area contributed by atoms with Crippen molar-refractivity contribution in [1.82, 2.24) is 0 Å². The van der Waals surface area contributed by atoms with E-state index in [0.29, 0.717) is 11.8 Å². The van der Waals surface area contributed by atoms with Gasteiger partial charge in [-0.05, 0) is 67.4 Å². The fourth-order valence-corrected chi connectivity index (χ4v) is 4.42. The second kappa shape index (κ2) is 4.36. The smallest absolute Gasteiger partial charge is 0.303 e. The summed E-state index contributed by atoms with van der Waals surface area (Å²) in [6, 6.07) is 8.74. The fraction of sp³-hybridized carbons (Fsp3) is 0.588. The third kappa shape index (κ3) is 2.07. The summed E-state index contributed by atoms with van der Waals surface area (Å²) >= 11 is 0. The first-order valence-electron chi connectivity index (χ1n) is 7.33. The molecule has 3 aliphatic rings. The quantitative estimate of drug-likeness (QED) is 0.887. The van der Waals surface area contributed by atoms with Crippen LogP contribution in [0.25, 0.3) is 0 Å². The zero-order valence-corrected chi connectivity index (χ0v) is 11.6. The number of aliphatic carboxylic acids is 1. The summed E-state index contributed by atoms with van der Waals surface area (Å²) in [6.45, 7) is 2.21. The lowest BCUT2D eigenvalue weighted by atomic mass is 9.51. The molecular weight excluding hydrogens is 236 g/mol. The number of carboxylic acids is 1. The number of carboxylic acid groups (broad SMARTS) is 1. The van der Waals surface area contributed by atoms with Gasteiger partial charge in [-0.2, -0.15) is 0 Å². The molecule has 0 radical (unpaired) electrons. The van der Waals surface area contributed by atoms with Crippen LogP contribution in [0.1, 0.15) is 56.1 Å². The predicted octanol–water partition coefficient (Wildman–Crippen LogP) is 4.06. The molecule has 3 saturated carbocycles. The Hall–Kier alpha value is -1.31. The lowest BCUT2D eigenvalue weighted by molar-refractivity contribution is -0.142. The third-order valence-electron chi connectivity index (χ3n) is 5.64. The summed E-state index contributed by atoms with van der Waals surface area (Å²) in [4.78, 5) is 11.1. The van der Waals surface area contributed by atoms with Gasteiger partial charge >= 0.3 is 5.97 Å². The van der Waals surface area contributed by atoms with E-state index in [9.17, 15) is 4.79 Å². The minimum absolute atomic E-state index is 0.107. The minimum Gasteiger partial charge on any atom is -0.481 e. The molecule has 2 nitrogen and oxygen atoms in total. The maximum absolute atomic E-state index is 11.1. The van der Waals surface area contributed by atoms with E-state index in [1.807, 2.05) is 0 Å². The fourth-order valence-electron chi connectivity index (χ4n) is 4.42. The van der Waals surface area contributed by atoms with Crippen molar-refractivity contribution in [3.63, 3.8) is 0 Å². The van der Waals surface area contributed by atoms with E-state index in [4.69, 9.17) is 5.11 Å². The van der Waals surface area contributed by atoms with E-state index in [1.54, 1.807) is 0 Å². The van der Waals surface area contributed by atoms with Crippen LogP contribution < -0.4 is 0 Å². The van der Waals surface area contributed by atoms with Crippen LogP contribution in [0.15, 0.2) is 24.3 Å². The van der Waals surface area contributed by atoms with Crippen molar-refractivity contribution in [3.05, 3.63) is 35.4 Å². The number of carbonyl (C=O) groups is 1. The summed E-state index contributed by atoms with van der Waals surface area (Å²) in [7, 11) is 0. The normalized spacial score (nSPS) is 33.3.